The quantitative estimate of drug-likeness (QED) is 0.892. The average Bonchev–Trinajstić information content (AvgIpc) is 2.57. The molecule has 3 N–H and O–H groups in total. The Morgan fingerprint density at radius 3 is 2.78 bits per heavy atom. The van der Waals surface area contributed by atoms with Gasteiger partial charge in [0.1, 0.15) is 6.17 Å². The number of primary amides is 1. The minimum atomic E-state index is -0.557. The normalized spacial score (nSPS) is 16.2. The van der Waals surface area contributed by atoms with Gasteiger partial charge in [-0.05, 0) is 29.8 Å². The molecule has 1 heterocycles. The maximum atomic E-state index is 12.3. The van der Waals surface area contributed by atoms with Crippen molar-refractivity contribution in [3.63, 3.8) is 0 Å². The first kappa shape index (κ1) is 14.6. The number of para-hydroxylation sites is 1. The van der Waals surface area contributed by atoms with E-state index in [1.165, 1.54) is 0 Å². The minimum absolute atomic E-state index is 0.0429. The molecule has 0 unspecified atom stereocenters. The zero-order valence-electron chi connectivity index (χ0n) is 12.2. The summed E-state index contributed by atoms with van der Waals surface area (Å²) in [5.74, 6) is -0.730. The van der Waals surface area contributed by atoms with Crippen LogP contribution in [-0.2, 0) is 4.79 Å². The SMILES string of the molecule is N#Cc1cccc([C@H]2NC(=O)c3ccccc3N2CC(N)=O)c1. The maximum Gasteiger partial charge on any atom is 0.255 e. The zero-order valence-corrected chi connectivity index (χ0v) is 12.2. The first-order valence-corrected chi connectivity index (χ1v) is 7.05. The second-order valence-corrected chi connectivity index (χ2v) is 5.22. The number of carbonyl (C=O) groups excluding carboxylic acids is 2. The zero-order chi connectivity index (χ0) is 16.4. The van der Waals surface area contributed by atoms with Crippen LogP contribution in [0.2, 0.25) is 0 Å². The summed E-state index contributed by atoms with van der Waals surface area (Å²) in [5.41, 5.74) is 7.69. The van der Waals surface area contributed by atoms with E-state index in [1.807, 2.05) is 0 Å². The van der Waals surface area contributed by atoms with E-state index in [0.29, 0.717) is 22.4 Å². The van der Waals surface area contributed by atoms with Gasteiger partial charge < -0.3 is 16.0 Å². The van der Waals surface area contributed by atoms with E-state index in [4.69, 9.17) is 11.0 Å². The summed E-state index contributed by atoms with van der Waals surface area (Å²) in [6.07, 6.45) is -0.557. The Kier molecular flexibility index (Phi) is 3.69. The van der Waals surface area contributed by atoms with Crippen LogP contribution in [0.5, 0.6) is 0 Å². The molecule has 2 aromatic carbocycles. The van der Waals surface area contributed by atoms with Gasteiger partial charge in [-0.2, -0.15) is 5.26 Å². The molecule has 0 aliphatic carbocycles. The molecule has 0 radical (unpaired) electrons. The van der Waals surface area contributed by atoms with Crippen LogP contribution in [-0.4, -0.2) is 18.4 Å². The van der Waals surface area contributed by atoms with Crippen LogP contribution in [0.25, 0.3) is 0 Å². The fourth-order valence-corrected chi connectivity index (χ4v) is 2.72. The number of hydrogen-bond donors (Lipinski definition) is 2. The Labute approximate surface area is 133 Å². The lowest BCUT2D eigenvalue weighted by molar-refractivity contribution is -0.116. The molecule has 0 bridgehead atoms. The lowest BCUT2D eigenvalue weighted by Gasteiger charge is -2.38. The van der Waals surface area contributed by atoms with Gasteiger partial charge in [0.25, 0.3) is 5.91 Å². The lowest BCUT2D eigenvalue weighted by atomic mass is 10.0. The van der Waals surface area contributed by atoms with E-state index in [9.17, 15) is 9.59 Å². The van der Waals surface area contributed by atoms with Crippen LogP contribution in [0.4, 0.5) is 5.69 Å². The molecule has 2 aromatic rings. The number of amides is 2. The molecule has 0 fully saturated rings. The summed E-state index contributed by atoms with van der Waals surface area (Å²) in [7, 11) is 0. The highest BCUT2D eigenvalue weighted by molar-refractivity contribution is 6.02. The van der Waals surface area contributed by atoms with Crippen LogP contribution in [0.3, 0.4) is 0 Å². The van der Waals surface area contributed by atoms with Crippen molar-refractivity contribution in [3.8, 4) is 6.07 Å². The molecule has 3 rings (SSSR count). The van der Waals surface area contributed by atoms with Gasteiger partial charge in [0.05, 0.1) is 29.4 Å². The van der Waals surface area contributed by atoms with Crippen LogP contribution in [0.1, 0.15) is 27.7 Å². The van der Waals surface area contributed by atoms with Crippen molar-refractivity contribution >= 4 is 17.5 Å². The van der Waals surface area contributed by atoms with E-state index in [2.05, 4.69) is 11.4 Å². The summed E-state index contributed by atoms with van der Waals surface area (Å²) in [6.45, 7) is -0.0429. The molecule has 1 aliphatic heterocycles. The van der Waals surface area contributed by atoms with Gasteiger partial charge in [-0.1, -0.05) is 24.3 Å². The van der Waals surface area contributed by atoms with Gasteiger partial charge in [-0.25, -0.2) is 0 Å². The molecule has 0 spiro atoms. The van der Waals surface area contributed by atoms with Crippen LogP contribution in [0.15, 0.2) is 48.5 Å². The molecule has 2 amide bonds. The minimum Gasteiger partial charge on any atom is -0.368 e. The van der Waals surface area contributed by atoms with E-state index in [1.54, 1.807) is 53.4 Å². The average molecular weight is 306 g/mol. The largest absolute Gasteiger partial charge is 0.368 e. The first-order chi connectivity index (χ1) is 11.1. The molecule has 114 valence electrons. The molecular formula is C17H14N4O2. The number of benzene rings is 2. The second kappa shape index (κ2) is 5.81. The fourth-order valence-electron chi connectivity index (χ4n) is 2.72. The van der Waals surface area contributed by atoms with Gasteiger partial charge in [0.15, 0.2) is 0 Å². The monoisotopic (exact) mass is 306 g/mol. The van der Waals surface area contributed by atoms with E-state index >= 15 is 0 Å². The van der Waals surface area contributed by atoms with E-state index in [-0.39, 0.29) is 12.5 Å². The standard InChI is InChI=1S/C17H14N4O2/c18-9-11-4-3-5-12(8-11)16-20-17(23)13-6-1-2-7-14(13)21(16)10-15(19)22/h1-8,16H,10H2,(H2,19,22)(H,20,23)/t16-/m0/s1. The first-order valence-electron chi connectivity index (χ1n) is 7.05. The number of nitriles is 1. The number of nitrogens with two attached hydrogens (primary N) is 1. The molecule has 0 aromatic heterocycles. The van der Waals surface area contributed by atoms with E-state index in [0.717, 1.165) is 0 Å². The number of hydrogen-bond acceptors (Lipinski definition) is 4. The van der Waals surface area contributed by atoms with Crippen molar-refractivity contribution in [2.45, 2.75) is 6.17 Å². The predicted octanol–water partition coefficient (Wildman–Crippen LogP) is 1.29. The third-order valence-corrected chi connectivity index (χ3v) is 3.70. The number of rotatable bonds is 3. The third-order valence-electron chi connectivity index (χ3n) is 3.70. The van der Waals surface area contributed by atoms with Gasteiger partial charge >= 0.3 is 0 Å². The molecule has 1 atom stereocenters. The Balaban J connectivity index is 2.10. The number of anilines is 1. The maximum absolute atomic E-state index is 12.3. The van der Waals surface area contributed by atoms with Crippen molar-refractivity contribution < 1.29 is 9.59 Å². The predicted molar refractivity (Wildman–Crippen MR) is 84.3 cm³/mol. The highest BCUT2D eigenvalue weighted by Crippen LogP contribution is 2.32. The van der Waals surface area contributed by atoms with E-state index < -0.39 is 12.1 Å². The number of carbonyl (C=O) groups is 2. The summed E-state index contributed by atoms with van der Waals surface area (Å²) >= 11 is 0. The van der Waals surface area contributed by atoms with Gasteiger partial charge in [-0.3, -0.25) is 9.59 Å². The molecule has 0 saturated heterocycles. The summed E-state index contributed by atoms with van der Waals surface area (Å²) in [6, 6.07) is 16.0. The summed E-state index contributed by atoms with van der Waals surface area (Å²) in [4.78, 5) is 25.5. The number of nitrogens with zero attached hydrogens (tertiary/aromatic N) is 2. The van der Waals surface area contributed by atoms with Crippen LogP contribution < -0.4 is 16.0 Å². The van der Waals surface area contributed by atoms with Crippen molar-refractivity contribution in [2.75, 3.05) is 11.4 Å². The summed E-state index contributed by atoms with van der Waals surface area (Å²) < 4.78 is 0. The van der Waals surface area contributed by atoms with Crippen molar-refractivity contribution in [3.05, 3.63) is 65.2 Å². The Morgan fingerprint density at radius 1 is 1.26 bits per heavy atom. The highest BCUT2D eigenvalue weighted by Gasteiger charge is 2.32. The molecule has 1 aliphatic rings. The van der Waals surface area contributed by atoms with Crippen molar-refractivity contribution in [2.24, 2.45) is 5.73 Å². The summed E-state index contributed by atoms with van der Waals surface area (Å²) in [5, 5.41) is 11.9. The lowest BCUT2D eigenvalue weighted by Crippen LogP contribution is -2.49. The smallest absolute Gasteiger partial charge is 0.255 e. The Hall–Kier alpha value is -3.33. The van der Waals surface area contributed by atoms with Gasteiger partial charge in [-0.15, -0.1) is 0 Å². The fraction of sp³-hybridized carbons (Fsp3) is 0.118. The number of nitrogens with one attached hydrogen (secondary N) is 1. The third kappa shape index (κ3) is 2.72. The molecular weight excluding hydrogens is 292 g/mol. The molecule has 6 nitrogen and oxygen atoms in total. The second-order valence-electron chi connectivity index (χ2n) is 5.22. The topological polar surface area (TPSA) is 99.2 Å². The van der Waals surface area contributed by atoms with Crippen molar-refractivity contribution in [1.29, 1.82) is 5.26 Å². The highest BCUT2D eigenvalue weighted by atomic mass is 16.2. The molecule has 0 saturated carbocycles. The van der Waals surface area contributed by atoms with Gasteiger partial charge in [0, 0.05) is 0 Å². The Morgan fingerprint density at radius 2 is 2.04 bits per heavy atom. The molecule has 6 heteroatoms. The van der Waals surface area contributed by atoms with Crippen LogP contribution in [0, 0.1) is 11.3 Å². The molecule has 23 heavy (non-hydrogen) atoms. The number of fused-ring (bicyclic) bond motifs is 1. The van der Waals surface area contributed by atoms with Crippen LogP contribution >= 0.6 is 0 Å². The van der Waals surface area contributed by atoms with Crippen molar-refractivity contribution in [1.82, 2.24) is 5.32 Å². The Bertz CT molecular complexity index is 825. The van der Waals surface area contributed by atoms with Gasteiger partial charge in [0.2, 0.25) is 5.91 Å².